The van der Waals surface area contributed by atoms with Crippen molar-refractivity contribution in [3.63, 3.8) is 0 Å². The normalized spacial score (nSPS) is 12.1. The Morgan fingerprint density at radius 3 is 2.89 bits per heavy atom. The molecule has 8 nitrogen and oxygen atoms in total. The molecule has 0 radical (unpaired) electrons. The van der Waals surface area contributed by atoms with E-state index in [2.05, 4.69) is 10.3 Å². The first-order chi connectivity index (χ1) is 8.63. The number of aliphatic carboxylic acids is 1. The summed E-state index contributed by atoms with van der Waals surface area (Å²) in [5, 5.41) is 25.3. The molecule has 0 aliphatic carbocycles. The molecule has 1 amide bonds. The lowest BCUT2D eigenvalue weighted by atomic mass is 10.2. The van der Waals surface area contributed by atoms with Gasteiger partial charge >= 0.3 is 5.97 Å². The van der Waals surface area contributed by atoms with Crippen LogP contribution in [0.1, 0.15) is 25.1 Å². The number of carbonyl (C=O) groups excluding carboxylic acids is 1. The number of hydrogen-bond donors (Lipinski definition) is 2. The average molecular weight is 256 g/mol. The third-order valence-corrected chi connectivity index (χ3v) is 2.45. The van der Waals surface area contributed by atoms with E-state index in [1.165, 1.54) is 10.9 Å². The van der Waals surface area contributed by atoms with Crippen LogP contribution >= 0.6 is 0 Å². The van der Waals surface area contributed by atoms with Gasteiger partial charge in [0.15, 0.2) is 6.04 Å². The minimum Gasteiger partial charge on any atom is -0.479 e. The second-order valence-corrected chi connectivity index (χ2v) is 3.66. The van der Waals surface area contributed by atoms with E-state index >= 15 is 0 Å². The van der Waals surface area contributed by atoms with E-state index < -0.39 is 12.0 Å². The predicted octanol–water partition coefficient (Wildman–Crippen LogP) is -0.735. The summed E-state index contributed by atoms with van der Waals surface area (Å²) >= 11 is 0. The molecule has 0 aliphatic rings. The number of aliphatic hydroxyl groups is 1. The van der Waals surface area contributed by atoms with Crippen LogP contribution in [0.4, 0.5) is 0 Å². The van der Waals surface area contributed by atoms with Gasteiger partial charge in [-0.3, -0.25) is 9.48 Å². The fraction of sp³-hybridized carbons (Fsp3) is 0.600. The maximum absolute atomic E-state index is 11.2. The maximum Gasteiger partial charge on any atom is 0.332 e. The van der Waals surface area contributed by atoms with Gasteiger partial charge in [-0.2, -0.15) is 0 Å². The quantitative estimate of drug-likeness (QED) is 0.593. The molecule has 1 unspecified atom stereocenters. The molecule has 100 valence electrons. The topological polar surface area (TPSA) is 109 Å². The van der Waals surface area contributed by atoms with Crippen molar-refractivity contribution >= 4 is 12.4 Å². The highest BCUT2D eigenvalue weighted by Gasteiger charge is 2.28. The Labute approximate surface area is 104 Å². The standard InChI is InChI=1S/C10H16N4O4/c1-2-13(7-16)9(10(17)18)8-6-14(12-11-8)4-3-5-15/h6-7,9,15H,2-5H2,1H3,(H,17,18). The molecule has 0 aliphatic heterocycles. The Morgan fingerprint density at radius 1 is 1.67 bits per heavy atom. The van der Waals surface area contributed by atoms with E-state index in [1.807, 2.05) is 0 Å². The number of carbonyl (C=O) groups is 2. The zero-order chi connectivity index (χ0) is 13.5. The van der Waals surface area contributed by atoms with Gasteiger partial charge in [0.2, 0.25) is 6.41 Å². The van der Waals surface area contributed by atoms with E-state index in [1.54, 1.807) is 6.92 Å². The van der Waals surface area contributed by atoms with Crippen LogP contribution < -0.4 is 0 Å². The van der Waals surface area contributed by atoms with Gasteiger partial charge in [0.05, 0.1) is 6.20 Å². The summed E-state index contributed by atoms with van der Waals surface area (Å²) in [7, 11) is 0. The average Bonchev–Trinajstić information content (AvgIpc) is 2.80. The molecule has 18 heavy (non-hydrogen) atoms. The number of carboxylic acid groups (broad SMARTS) is 1. The van der Waals surface area contributed by atoms with Gasteiger partial charge < -0.3 is 15.1 Å². The Morgan fingerprint density at radius 2 is 2.39 bits per heavy atom. The number of hydrogen-bond acceptors (Lipinski definition) is 5. The second kappa shape index (κ2) is 6.70. The van der Waals surface area contributed by atoms with Gasteiger partial charge in [-0.15, -0.1) is 5.10 Å². The first-order valence-electron chi connectivity index (χ1n) is 5.58. The monoisotopic (exact) mass is 256 g/mol. The third kappa shape index (κ3) is 3.27. The minimum absolute atomic E-state index is 0.0208. The maximum atomic E-state index is 11.2. The SMILES string of the molecule is CCN(C=O)C(C(=O)O)c1cn(CCCO)nn1. The van der Waals surface area contributed by atoms with Crippen LogP contribution in [0.15, 0.2) is 6.20 Å². The summed E-state index contributed by atoms with van der Waals surface area (Å²) in [6.07, 6.45) is 2.46. The van der Waals surface area contributed by atoms with Crippen molar-refractivity contribution in [1.29, 1.82) is 0 Å². The molecule has 1 aromatic heterocycles. The molecule has 0 fully saturated rings. The number of nitrogens with zero attached hydrogens (tertiary/aromatic N) is 4. The van der Waals surface area contributed by atoms with Gasteiger partial charge in [-0.05, 0) is 13.3 Å². The molecule has 1 atom stereocenters. The summed E-state index contributed by atoms with van der Waals surface area (Å²) < 4.78 is 1.44. The van der Waals surface area contributed by atoms with E-state index in [0.717, 1.165) is 4.90 Å². The summed E-state index contributed by atoms with van der Waals surface area (Å²) in [5.74, 6) is -1.15. The lowest BCUT2D eigenvalue weighted by Gasteiger charge is -2.21. The Bertz CT molecular complexity index is 406. The number of aliphatic hydroxyl groups excluding tert-OH is 1. The molecular weight excluding hydrogens is 240 g/mol. The Kier molecular flexibility index (Phi) is 5.25. The molecular formula is C10H16N4O4. The van der Waals surface area contributed by atoms with Crippen molar-refractivity contribution in [2.24, 2.45) is 0 Å². The number of likely N-dealkylation sites (N-methyl/N-ethyl adjacent to an activating group) is 1. The van der Waals surface area contributed by atoms with Gasteiger partial charge in [0.25, 0.3) is 0 Å². The largest absolute Gasteiger partial charge is 0.479 e. The lowest BCUT2D eigenvalue weighted by molar-refractivity contribution is -0.146. The molecule has 0 aromatic carbocycles. The van der Waals surface area contributed by atoms with Crippen molar-refractivity contribution in [3.8, 4) is 0 Å². The first kappa shape index (κ1) is 14.1. The molecule has 8 heteroatoms. The Balaban J connectivity index is 2.89. The van der Waals surface area contributed by atoms with Crippen molar-refractivity contribution in [3.05, 3.63) is 11.9 Å². The van der Waals surface area contributed by atoms with Gasteiger partial charge in [-0.25, -0.2) is 4.79 Å². The van der Waals surface area contributed by atoms with Crippen LogP contribution in [0.3, 0.4) is 0 Å². The van der Waals surface area contributed by atoms with Crippen molar-refractivity contribution in [2.75, 3.05) is 13.2 Å². The highest BCUT2D eigenvalue weighted by molar-refractivity contribution is 5.77. The van der Waals surface area contributed by atoms with E-state index in [4.69, 9.17) is 10.2 Å². The molecule has 2 N–H and O–H groups in total. The molecule has 0 saturated carbocycles. The van der Waals surface area contributed by atoms with Crippen LogP contribution in [0.25, 0.3) is 0 Å². The van der Waals surface area contributed by atoms with Crippen LogP contribution in [-0.4, -0.2) is 55.6 Å². The minimum atomic E-state index is -1.15. The second-order valence-electron chi connectivity index (χ2n) is 3.66. The molecule has 0 bridgehead atoms. The van der Waals surface area contributed by atoms with Gasteiger partial charge in [0.1, 0.15) is 5.69 Å². The van der Waals surface area contributed by atoms with Gasteiger partial charge in [0, 0.05) is 19.7 Å². The summed E-state index contributed by atoms with van der Waals surface area (Å²) in [6, 6.07) is -1.13. The first-order valence-corrected chi connectivity index (χ1v) is 5.58. The molecule has 0 spiro atoms. The van der Waals surface area contributed by atoms with E-state index in [9.17, 15) is 9.59 Å². The van der Waals surface area contributed by atoms with Crippen LogP contribution in [-0.2, 0) is 16.1 Å². The van der Waals surface area contributed by atoms with Crippen LogP contribution in [0.5, 0.6) is 0 Å². The number of rotatable bonds is 8. The highest BCUT2D eigenvalue weighted by Crippen LogP contribution is 2.16. The zero-order valence-electron chi connectivity index (χ0n) is 10.1. The zero-order valence-corrected chi connectivity index (χ0v) is 10.1. The van der Waals surface area contributed by atoms with Gasteiger partial charge in [-0.1, -0.05) is 5.21 Å². The van der Waals surface area contributed by atoms with Crippen LogP contribution in [0, 0.1) is 0 Å². The van der Waals surface area contributed by atoms with Crippen molar-refractivity contribution < 1.29 is 19.8 Å². The summed E-state index contributed by atoms with van der Waals surface area (Å²) in [6.45, 7) is 2.42. The number of aromatic nitrogens is 3. The number of carboxylic acids is 1. The molecule has 1 heterocycles. The summed E-state index contributed by atoms with van der Waals surface area (Å²) in [5.41, 5.74) is 0.203. The fourth-order valence-corrected chi connectivity index (χ4v) is 1.54. The Hall–Kier alpha value is -1.96. The molecule has 1 rings (SSSR count). The summed E-state index contributed by atoms with van der Waals surface area (Å²) in [4.78, 5) is 23.1. The third-order valence-electron chi connectivity index (χ3n) is 2.45. The van der Waals surface area contributed by atoms with E-state index in [0.29, 0.717) is 19.4 Å². The van der Waals surface area contributed by atoms with Crippen molar-refractivity contribution in [1.82, 2.24) is 19.9 Å². The predicted molar refractivity (Wildman–Crippen MR) is 60.5 cm³/mol. The smallest absolute Gasteiger partial charge is 0.332 e. The lowest BCUT2D eigenvalue weighted by Crippen LogP contribution is -2.33. The van der Waals surface area contributed by atoms with Crippen LogP contribution in [0.2, 0.25) is 0 Å². The number of aryl methyl sites for hydroxylation is 1. The molecule has 0 saturated heterocycles. The van der Waals surface area contributed by atoms with Crippen molar-refractivity contribution in [2.45, 2.75) is 25.9 Å². The number of amides is 1. The molecule has 1 aromatic rings. The fourth-order valence-electron chi connectivity index (χ4n) is 1.54. The van der Waals surface area contributed by atoms with E-state index in [-0.39, 0.29) is 18.8 Å². The highest BCUT2D eigenvalue weighted by atomic mass is 16.4.